The Kier molecular flexibility index (Phi) is 5.76. The molecular formula is C17H21BrN2O. The van der Waals surface area contributed by atoms with Gasteiger partial charge in [-0.05, 0) is 64.6 Å². The normalized spacial score (nSPS) is 12.2. The minimum atomic E-state index is 0.138. The largest absolute Gasteiger partial charge is 0.496 e. The number of pyridine rings is 1. The van der Waals surface area contributed by atoms with Crippen molar-refractivity contribution in [3.05, 3.63) is 57.8 Å². The summed E-state index contributed by atoms with van der Waals surface area (Å²) in [5.41, 5.74) is 3.55. The second kappa shape index (κ2) is 7.57. The lowest BCUT2D eigenvalue weighted by atomic mass is 9.99. The van der Waals surface area contributed by atoms with E-state index in [-0.39, 0.29) is 6.04 Å². The maximum atomic E-state index is 5.31. The lowest BCUT2D eigenvalue weighted by molar-refractivity contribution is 0.411. The molecule has 0 amide bonds. The Hall–Kier alpha value is -1.39. The standard InChI is InChI=1S/C17H21BrN2O/c1-4-7-20-17(14-8-12(2)10-19-11-14)13-5-6-16(21-3)15(18)9-13/h5-6,8-11,17,20H,4,7H2,1-3H3. The Morgan fingerprint density at radius 3 is 2.67 bits per heavy atom. The Bertz CT molecular complexity index is 601. The maximum Gasteiger partial charge on any atom is 0.133 e. The number of ether oxygens (including phenoxy) is 1. The number of aromatic nitrogens is 1. The highest BCUT2D eigenvalue weighted by Crippen LogP contribution is 2.30. The monoisotopic (exact) mass is 348 g/mol. The molecule has 2 aromatic rings. The van der Waals surface area contributed by atoms with Crippen LogP contribution in [0.3, 0.4) is 0 Å². The van der Waals surface area contributed by atoms with Crippen molar-refractivity contribution in [2.45, 2.75) is 26.3 Å². The van der Waals surface area contributed by atoms with Crippen LogP contribution in [-0.2, 0) is 0 Å². The van der Waals surface area contributed by atoms with Crippen LogP contribution in [0.5, 0.6) is 5.75 Å². The average Bonchev–Trinajstić information content (AvgIpc) is 2.48. The van der Waals surface area contributed by atoms with E-state index in [0.717, 1.165) is 23.2 Å². The lowest BCUT2D eigenvalue weighted by Crippen LogP contribution is -2.23. The van der Waals surface area contributed by atoms with Crippen molar-refractivity contribution in [1.29, 1.82) is 0 Å². The molecule has 0 spiro atoms. The number of nitrogens with one attached hydrogen (secondary N) is 1. The average molecular weight is 349 g/mol. The molecular weight excluding hydrogens is 328 g/mol. The van der Waals surface area contributed by atoms with E-state index in [0.29, 0.717) is 0 Å². The third-order valence-electron chi connectivity index (χ3n) is 3.34. The number of methoxy groups -OCH3 is 1. The first kappa shape index (κ1) is 16.0. The van der Waals surface area contributed by atoms with Crippen LogP contribution in [0.25, 0.3) is 0 Å². The summed E-state index contributed by atoms with van der Waals surface area (Å²) >= 11 is 3.56. The van der Waals surface area contributed by atoms with E-state index in [9.17, 15) is 0 Å². The molecule has 112 valence electrons. The first-order valence-electron chi connectivity index (χ1n) is 7.14. The van der Waals surface area contributed by atoms with Gasteiger partial charge in [0.25, 0.3) is 0 Å². The van der Waals surface area contributed by atoms with Crippen molar-refractivity contribution in [2.24, 2.45) is 0 Å². The van der Waals surface area contributed by atoms with Gasteiger partial charge in [0.2, 0.25) is 0 Å². The lowest BCUT2D eigenvalue weighted by Gasteiger charge is -2.20. The van der Waals surface area contributed by atoms with Gasteiger partial charge in [-0.3, -0.25) is 4.98 Å². The molecule has 0 saturated carbocycles. The molecule has 0 aliphatic heterocycles. The molecule has 1 aromatic heterocycles. The van der Waals surface area contributed by atoms with Gasteiger partial charge in [-0.1, -0.05) is 19.1 Å². The molecule has 2 rings (SSSR count). The van der Waals surface area contributed by atoms with Gasteiger partial charge >= 0.3 is 0 Å². The van der Waals surface area contributed by atoms with Crippen LogP contribution in [0.15, 0.2) is 41.1 Å². The third-order valence-corrected chi connectivity index (χ3v) is 3.96. The maximum absolute atomic E-state index is 5.31. The minimum absolute atomic E-state index is 0.138. The quantitative estimate of drug-likeness (QED) is 0.847. The molecule has 4 heteroatoms. The zero-order chi connectivity index (χ0) is 15.2. The zero-order valence-corrected chi connectivity index (χ0v) is 14.3. The molecule has 0 radical (unpaired) electrons. The van der Waals surface area contributed by atoms with Crippen LogP contribution < -0.4 is 10.1 Å². The molecule has 1 N–H and O–H groups in total. The van der Waals surface area contributed by atoms with Gasteiger partial charge < -0.3 is 10.1 Å². The van der Waals surface area contributed by atoms with E-state index in [1.807, 2.05) is 18.5 Å². The zero-order valence-electron chi connectivity index (χ0n) is 12.7. The predicted octanol–water partition coefficient (Wildman–Crippen LogP) is 4.25. The number of hydrogen-bond donors (Lipinski definition) is 1. The van der Waals surface area contributed by atoms with Gasteiger partial charge in [-0.2, -0.15) is 0 Å². The van der Waals surface area contributed by atoms with Crippen LogP contribution in [0.4, 0.5) is 0 Å². The van der Waals surface area contributed by atoms with Gasteiger partial charge in [0.15, 0.2) is 0 Å². The molecule has 0 bridgehead atoms. The van der Waals surface area contributed by atoms with Crippen molar-refractivity contribution < 1.29 is 4.74 Å². The van der Waals surface area contributed by atoms with Crippen LogP contribution in [0.1, 0.15) is 36.1 Å². The molecule has 1 unspecified atom stereocenters. The number of nitrogens with zero attached hydrogens (tertiary/aromatic N) is 1. The van der Waals surface area contributed by atoms with Gasteiger partial charge in [-0.25, -0.2) is 0 Å². The summed E-state index contributed by atoms with van der Waals surface area (Å²) < 4.78 is 6.27. The van der Waals surface area contributed by atoms with Crippen LogP contribution in [-0.4, -0.2) is 18.6 Å². The molecule has 1 heterocycles. The van der Waals surface area contributed by atoms with E-state index < -0.39 is 0 Å². The van der Waals surface area contributed by atoms with Crippen molar-refractivity contribution in [2.75, 3.05) is 13.7 Å². The number of rotatable bonds is 6. The minimum Gasteiger partial charge on any atom is -0.496 e. The highest BCUT2D eigenvalue weighted by molar-refractivity contribution is 9.10. The van der Waals surface area contributed by atoms with Crippen molar-refractivity contribution >= 4 is 15.9 Å². The molecule has 0 aliphatic carbocycles. The summed E-state index contributed by atoms with van der Waals surface area (Å²) in [6.45, 7) is 5.20. The number of benzene rings is 1. The van der Waals surface area contributed by atoms with Crippen molar-refractivity contribution in [3.8, 4) is 5.75 Å². The van der Waals surface area contributed by atoms with E-state index in [4.69, 9.17) is 4.74 Å². The summed E-state index contributed by atoms with van der Waals surface area (Å²) in [4.78, 5) is 4.32. The Balaban J connectivity index is 2.37. The van der Waals surface area contributed by atoms with E-state index in [2.05, 4.69) is 58.3 Å². The predicted molar refractivity (Wildman–Crippen MR) is 89.8 cm³/mol. The summed E-state index contributed by atoms with van der Waals surface area (Å²) in [5, 5.41) is 3.59. The first-order chi connectivity index (χ1) is 10.2. The van der Waals surface area contributed by atoms with Crippen molar-refractivity contribution in [1.82, 2.24) is 10.3 Å². The van der Waals surface area contributed by atoms with Crippen LogP contribution in [0.2, 0.25) is 0 Å². The molecule has 1 atom stereocenters. The second-order valence-corrected chi connectivity index (χ2v) is 5.93. The van der Waals surface area contributed by atoms with Gasteiger partial charge in [-0.15, -0.1) is 0 Å². The van der Waals surface area contributed by atoms with E-state index >= 15 is 0 Å². The Morgan fingerprint density at radius 2 is 2.05 bits per heavy atom. The summed E-state index contributed by atoms with van der Waals surface area (Å²) in [6, 6.07) is 8.51. The van der Waals surface area contributed by atoms with Gasteiger partial charge in [0, 0.05) is 12.4 Å². The van der Waals surface area contributed by atoms with E-state index in [1.54, 1.807) is 7.11 Å². The molecule has 0 saturated heterocycles. The number of halogens is 1. The Morgan fingerprint density at radius 1 is 1.24 bits per heavy atom. The fourth-order valence-corrected chi connectivity index (χ4v) is 2.87. The number of hydrogen-bond acceptors (Lipinski definition) is 3. The molecule has 3 nitrogen and oxygen atoms in total. The second-order valence-electron chi connectivity index (χ2n) is 5.08. The van der Waals surface area contributed by atoms with Crippen LogP contribution >= 0.6 is 15.9 Å². The summed E-state index contributed by atoms with van der Waals surface area (Å²) in [5.74, 6) is 0.843. The van der Waals surface area contributed by atoms with Crippen LogP contribution in [0, 0.1) is 6.92 Å². The number of aryl methyl sites for hydroxylation is 1. The smallest absolute Gasteiger partial charge is 0.133 e. The highest BCUT2D eigenvalue weighted by Gasteiger charge is 2.15. The van der Waals surface area contributed by atoms with Gasteiger partial charge in [0.05, 0.1) is 17.6 Å². The molecule has 0 fully saturated rings. The molecule has 21 heavy (non-hydrogen) atoms. The van der Waals surface area contributed by atoms with Crippen molar-refractivity contribution in [3.63, 3.8) is 0 Å². The topological polar surface area (TPSA) is 34.2 Å². The Labute approximate surface area is 134 Å². The van der Waals surface area contributed by atoms with E-state index in [1.165, 1.54) is 16.7 Å². The van der Waals surface area contributed by atoms with Gasteiger partial charge in [0.1, 0.15) is 5.75 Å². The fourth-order valence-electron chi connectivity index (χ4n) is 2.32. The summed E-state index contributed by atoms with van der Waals surface area (Å²) in [7, 11) is 1.68. The summed E-state index contributed by atoms with van der Waals surface area (Å²) in [6.07, 6.45) is 4.90. The molecule has 1 aromatic carbocycles. The SMILES string of the molecule is CCCNC(c1cncc(C)c1)c1ccc(OC)c(Br)c1. The first-order valence-corrected chi connectivity index (χ1v) is 7.93. The molecule has 0 aliphatic rings. The fraction of sp³-hybridized carbons (Fsp3) is 0.353. The third kappa shape index (κ3) is 4.05. The highest BCUT2D eigenvalue weighted by atomic mass is 79.9.